The van der Waals surface area contributed by atoms with Crippen LogP contribution in [0.4, 0.5) is 4.39 Å². The first-order chi connectivity index (χ1) is 8.34. The van der Waals surface area contributed by atoms with Crippen LogP contribution in [0.2, 0.25) is 0 Å². The maximum absolute atomic E-state index is 12.6. The minimum absolute atomic E-state index is 0.251. The van der Waals surface area contributed by atoms with E-state index in [1.807, 2.05) is 30.3 Å². The van der Waals surface area contributed by atoms with Crippen molar-refractivity contribution in [2.75, 3.05) is 0 Å². The van der Waals surface area contributed by atoms with E-state index in [9.17, 15) is 4.39 Å². The summed E-state index contributed by atoms with van der Waals surface area (Å²) in [4.78, 5) is 10.1. The molecule has 0 saturated carbocycles. The summed E-state index contributed by atoms with van der Waals surface area (Å²) in [5.41, 5.74) is 1.92. The summed E-state index contributed by atoms with van der Waals surface area (Å²) in [6.07, 6.45) is 0. The Bertz CT molecular complexity index is 440. The lowest BCUT2D eigenvalue weighted by Gasteiger charge is -2.04. The van der Waals surface area contributed by atoms with Gasteiger partial charge in [-0.1, -0.05) is 42.5 Å². The lowest BCUT2D eigenvalue weighted by molar-refractivity contribution is -0.313. The SMILES string of the molecule is Fc1ccc(COOCc2ccccc2)cc1. The minimum Gasteiger partial charge on any atom is -0.232 e. The molecule has 2 aromatic rings. The highest BCUT2D eigenvalue weighted by molar-refractivity contribution is 5.15. The molecule has 0 atom stereocenters. The van der Waals surface area contributed by atoms with Crippen LogP contribution in [0.3, 0.4) is 0 Å². The number of benzene rings is 2. The molecule has 3 heteroatoms. The van der Waals surface area contributed by atoms with Crippen LogP contribution < -0.4 is 0 Å². The summed E-state index contributed by atoms with van der Waals surface area (Å²) < 4.78 is 12.6. The zero-order valence-corrected chi connectivity index (χ0v) is 9.30. The second-order valence-corrected chi connectivity index (χ2v) is 3.64. The Morgan fingerprint density at radius 3 is 1.82 bits per heavy atom. The van der Waals surface area contributed by atoms with Gasteiger partial charge in [-0.25, -0.2) is 14.2 Å². The van der Waals surface area contributed by atoms with Gasteiger partial charge in [0.15, 0.2) is 0 Å². The molecule has 0 fully saturated rings. The van der Waals surface area contributed by atoms with Gasteiger partial charge in [-0.05, 0) is 23.3 Å². The Kier molecular flexibility index (Phi) is 4.24. The van der Waals surface area contributed by atoms with Gasteiger partial charge in [0, 0.05) is 0 Å². The standard InChI is InChI=1S/C14H13FO2/c15-14-8-6-13(7-9-14)11-17-16-10-12-4-2-1-3-5-12/h1-9H,10-11H2. The fourth-order valence-electron chi connectivity index (χ4n) is 1.37. The molecular formula is C14H13FO2. The van der Waals surface area contributed by atoms with Gasteiger partial charge in [0.05, 0.1) is 0 Å². The normalized spacial score (nSPS) is 10.4. The van der Waals surface area contributed by atoms with Gasteiger partial charge in [0.2, 0.25) is 0 Å². The summed E-state index contributed by atoms with van der Waals surface area (Å²) in [7, 11) is 0. The van der Waals surface area contributed by atoms with E-state index >= 15 is 0 Å². The molecule has 0 N–H and O–H groups in total. The summed E-state index contributed by atoms with van der Waals surface area (Å²) in [5.74, 6) is -0.251. The Hall–Kier alpha value is -1.71. The maximum atomic E-state index is 12.6. The number of halogens is 1. The van der Waals surface area contributed by atoms with Crippen LogP contribution in [0.15, 0.2) is 54.6 Å². The molecule has 2 rings (SSSR count). The van der Waals surface area contributed by atoms with E-state index in [-0.39, 0.29) is 5.82 Å². The molecule has 0 unspecified atom stereocenters. The van der Waals surface area contributed by atoms with Crippen molar-refractivity contribution in [2.45, 2.75) is 13.2 Å². The van der Waals surface area contributed by atoms with Crippen molar-refractivity contribution in [2.24, 2.45) is 0 Å². The van der Waals surface area contributed by atoms with E-state index in [4.69, 9.17) is 9.78 Å². The van der Waals surface area contributed by atoms with E-state index < -0.39 is 0 Å². The molecule has 0 aliphatic heterocycles. The quantitative estimate of drug-likeness (QED) is 0.446. The Labute approximate surface area is 99.5 Å². The van der Waals surface area contributed by atoms with Crippen molar-refractivity contribution in [3.63, 3.8) is 0 Å². The van der Waals surface area contributed by atoms with E-state index in [2.05, 4.69) is 0 Å². The van der Waals surface area contributed by atoms with Crippen molar-refractivity contribution in [1.29, 1.82) is 0 Å². The first kappa shape index (κ1) is 11.8. The van der Waals surface area contributed by atoms with E-state index in [0.29, 0.717) is 13.2 Å². The monoisotopic (exact) mass is 232 g/mol. The second kappa shape index (κ2) is 6.13. The summed E-state index contributed by atoms with van der Waals surface area (Å²) in [5, 5.41) is 0. The predicted octanol–water partition coefficient (Wildman–Crippen LogP) is 3.47. The number of hydrogen-bond acceptors (Lipinski definition) is 2. The van der Waals surface area contributed by atoms with Gasteiger partial charge in [-0.15, -0.1) is 0 Å². The van der Waals surface area contributed by atoms with Crippen LogP contribution in [0.25, 0.3) is 0 Å². The highest BCUT2D eigenvalue weighted by atomic mass is 19.1. The first-order valence-corrected chi connectivity index (χ1v) is 5.37. The smallest absolute Gasteiger partial charge is 0.123 e. The third-order valence-electron chi connectivity index (χ3n) is 2.29. The number of rotatable bonds is 5. The fraction of sp³-hybridized carbons (Fsp3) is 0.143. The van der Waals surface area contributed by atoms with Gasteiger partial charge >= 0.3 is 0 Å². The molecule has 17 heavy (non-hydrogen) atoms. The van der Waals surface area contributed by atoms with Crippen molar-refractivity contribution >= 4 is 0 Å². The van der Waals surface area contributed by atoms with E-state index in [1.165, 1.54) is 12.1 Å². The van der Waals surface area contributed by atoms with E-state index in [1.54, 1.807) is 12.1 Å². The van der Waals surface area contributed by atoms with Crippen molar-refractivity contribution in [3.05, 3.63) is 71.5 Å². The Morgan fingerprint density at radius 1 is 0.706 bits per heavy atom. The predicted molar refractivity (Wildman–Crippen MR) is 62.4 cm³/mol. The van der Waals surface area contributed by atoms with Gasteiger partial charge in [0.1, 0.15) is 19.0 Å². The fourth-order valence-corrected chi connectivity index (χ4v) is 1.37. The molecule has 0 aromatic heterocycles. The Balaban J connectivity index is 1.71. The average molecular weight is 232 g/mol. The van der Waals surface area contributed by atoms with Crippen LogP contribution in [0, 0.1) is 5.82 Å². The van der Waals surface area contributed by atoms with Crippen LogP contribution in [0.5, 0.6) is 0 Å². The second-order valence-electron chi connectivity index (χ2n) is 3.64. The molecule has 0 bridgehead atoms. The molecule has 2 nitrogen and oxygen atoms in total. The largest absolute Gasteiger partial charge is 0.232 e. The summed E-state index contributed by atoms with van der Waals surface area (Å²) >= 11 is 0. The molecule has 0 spiro atoms. The van der Waals surface area contributed by atoms with Gasteiger partial charge in [-0.2, -0.15) is 0 Å². The van der Waals surface area contributed by atoms with Crippen molar-refractivity contribution in [1.82, 2.24) is 0 Å². The van der Waals surface area contributed by atoms with Gasteiger partial charge < -0.3 is 0 Å². The molecule has 0 saturated heterocycles. The lowest BCUT2D eigenvalue weighted by Crippen LogP contribution is -1.96. The first-order valence-electron chi connectivity index (χ1n) is 5.37. The minimum atomic E-state index is -0.251. The number of hydrogen-bond donors (Lipinski definition) is 0. The van der Waals surface area contributed by atoms with Crippen molar-refractivity contribution < 1.29 is 14.2 Å². The Morgan fingerprint density at radius 2 is 1.24 bits per heavy atom. The zero-order chi connectivity index (χ0) is 11.9. The molecular weight excluding hydrogens is 219 g/mol. The molecule has 0 aliphatic carbocycles. The third-order valence-corrected chi connectivity index (χ3v) is 2.29. The molecule has 0 radical (unpaired) electrons. The zero-order valence-electron chi connectivity index (χ0n) is 9.30. The summed E-state index contributed by atoms with van der Waals surface area (Å²) in [6, 6.07) is 15.9. The average Bonchev–Trinajstić information content (AvgIpc) is 2.38. The third kappa shape index (κ3) is 3.98. The van der Waals surface area contributed by atoms with Crippen molar-refractivity contribution in [3.8, 4) is 0 Å². The molecule has 2 aromatic carbocycles. The lowest BCUT2D eigenvalue weighted by atomic mass is 10.2. The van der Waals surface area contributed by atoms with Crippen LogP contribution in [-0.4, -0.2) is 0 Å². The van der Waals surface area contributed by atoms with Crippen LogP contribution in [0.1, 0.15) is 11.1 Å². The van der Waals surface area contributed by atoms with Gasteiger partial charge in [0.25, 0.3) is 0 Å². The highest BCUT2D eigenvalue weighted by Gasteiger charge is 1.96. The summed E-state index contributed by atoms with van der Waals surface area (Å²) in [6.45, 7) is 0.717. The topological polar surface area (TPSA) is 18.5 Å². The molecule has 0 amide bonds. The van der Waals surface area contributed by atoms with Gasteiger partial charge in [-0.3, -0.25) is 0 Å². The highest BCUT2D eigenvalue weighted by Crippen LogP contribution is 2.06. The molecule has 0 heterocycles. The molecule has 88 valence electrons. The molecule has 0 aliphatic rings. The van der Waals surface area contributed by atoms with E-state index in [0.717, 1.165) is 11.1 Å². The van der Waals surface area contributed by atoms with Crippen LogP contribution in [-0.2, 0) is 23.0 Å². The maximum Gasteiger partial charge on any atom is 0.123 e. The van der Waals surface area contributed by atoms with Crippen LogP contribution >= 0.6 is 0 Å².